The van der Waals surface area contributed by atoms with Crippen molar-refractivity contribution in [3.8, 4) is 10.6 Å². The number of alkyl halides is 3. The lowest BCUT2D eigenvalue weighted by Gasteiger charge is -2.15. The normalized spacial score (nSPS) is 12.2. The summed E-state index contributed by atoms with van der Waals surface area (Å²) in [6.45, 7) is 3.91. The van der Waals surface area contributed by atoms with Crippen molar-refractivity contribution in [1.82, 2.24) is 24.7 Å². The van der Waals surface area contributed by atoms with Crippen LogP contribution in [0.2, 0.25) is 0 Å². The molecule has 4 aromatic rings. The molecule has 0 aliphatic carbocycles. The van der Waals surface area contributed by atoms with Crippen molar-refractivity contribution in [2.45, 2.75) is 33.0 Å². The first-order valence-electron chi connectivity index (χ1n) is 10.5. The molecule has 0 aliphatic rings. The lowest BCUT2D eigenvalue weighted by atomic mass is 10.2. The number of thiophene rings is 1. The Morgan fingerprint density at radius 2 is 1.91 bits per heavy atom. The predicted molar refractivity (Wildman–Crippen MR) is 128 cm³/mol. The Morgan fingerprint density at radius 1 is 1.17 bits per heavy atom. The number of amides is 1. The summed E-state index contributed by atoms with van der Waals surface area (Å²) in [5, 5.41) is 5.50. The maximum atomic E-state index is 13.0. The second kappa shape index (κ2) is 9.74. The molecule has 4 aromatic heterocycles. The number of hydrogen-bond donors (Lipinski definition) is 3. The third kappa shape index (κ3) is 5.77. The van der Waals surface area contributed by atoms with E-state index >= 15 is 0 Å². The van der Waals surface area contributed by atoms with Gasteiger partial charge in [-0.2, -0.15) is 13.2 Å². The SMILES string of the molecule is Cc1ncc(CNC(=O)c2cc(N/C(=C\N)CC(F)(F)F)c3ncc(-c4ccc(C)s4)n3c2)cn1. The molecular formula is C23H22F3N7OS. The molecule has 4 N–H and O–H groups in total. The molecule has 4 heterocycles. The lowest BCUT2D eigenvalue weighted by molar-refractivity contribution is -0.126. The molecule has 0 aliphatic heterocycles. The smallest absolute Gasteiger partial charge is 0.394 e. The molecule has 182 valence electrons. The number of aryl methyl sites for hydroxylation is 2. The van der Waals surface area contributed by atoms with Crippen LogP contribution in [0, 0.1) is 13.8 Å². The first-order valence-corrected chi connectivity index (χ1v) is 11.3. The minimum absolute atomic E-state index is 0.183. The van der Waals surface area contributed by atoms with Crippen molar-refractivity contribution in [3.05, 3.63) is 76.7 Å². The van der Waals surface area contributed by atoms with Gasteiger partial charge in [0, 0.05) is 47.5 Å². The van der Waals surface area contributed by atoms with E-state index < -0.39 is 18.5 Å². The van der Waals surface area contributed by atoms with E-state index in [-0.39, 0.29) is 23.5 Å². The Balaban J connectivity index is 1.71. The number of carbonyl (C=O) groups excluding carboxylic acids is 1. The number of anilines is 1. The highest BCUT2D eigenvalue weighted by Crippen LogP contribution is 2.32. The van der Waals surface area contributed by atoms with Gasteiger partial charge in [0.1, 0.15) is 5.82 Å². The number of imidazole rings is 1. The van der Waals surface area contributed by atoms with E-state index in [4.69, 9.17) is 5.73 Å². The van der Waals surface area contributed by atoms with Crippen LogP contribution in [-0.2, 0) is 6.54 Å². The largest absolute Gasteiger partial charge is 0.403 e. The number of nitrogens with two attached hydrogens (primary N) is 1. The number of halogens is 3. The molecule has 1 amide bonds. The summed E-state index contributed by atoms with van der Waals surface area (Å²) in [4.78, 5) is 27.6. The Morgan fingerprint density at radius 3 is 2.54 bits per heavy atom. The highest BCUT2D eigenvalue weighted by atomic mass is 32.1. The molecule has 0 spiro atoms. The molecule has 0 aromatic carbocycles. The summed E-state index contributed by atoms with van der Waals surface area (Å²) < 4.78 is 40.7. The minimum Gasteiger partial charge on any atom is -0.403 e. The first kappa shape index (κ1) is 24.2. The van der Waals surface area contributed by atoms with Crippen LogP contribution in [0.3, 0.4) is 0 Å². The zero-order chi connectivity index (χ0) is 25.2. The van der Waals surface area contributed by atoms with Crippen LogP contribution in [0.15, 0.2) is 54.9 Å². The quantitative estimate of drug-likeness (QED) is 0.342. The van der Waals surface area contributed by atoms with Crippen LogP contribution in [0.1, 0.15) is 33.0 Å². The van der Waals surface area contributed by atoms with Gasteiger partial charge in [0.25, 0.3) is 5.91 Å². The van der Waals surface area contributed by atoms with Crippen molar-refractivity contribution in [1.29, 1.82) is 0 Å². The number of carbonyl (C=O) groups is 1. The van der Waals surface area contributed by atoms with Gasteiger partial charge in [0.2, 0.25) is 0 Å². The average molecular weight is 502 g/mol. The summed E-state index contributed by atoms with van der Waals surface area (Å²) in [5.74, 6) is 0.187. The second-order valence-electron chi connectivity index (χ2n) is 7.82. The number of allylic oxidation sites excluding steroid dienone is 1. The number of fused-ring (bicyclic) bond motifs is 1. The lowest BCUT2D eigenvalue weighted by Crippen LogP contribution is -2.24. The highest BCUT2D eigenvalue weighted by molar-refractivity contribution is 7.15. The molecule has 0 radical (unpaired) electrons. The van der Waals surface area contributed by atoms with Crippen LogP contribution in [0.4, 0.5) is 18.9 Å². The Kier molecular flexibility index (Phi) is 6.74. The number of nitrogens with zero attached hydrogens (tertiary/aromatic N) is 4. The average Bonchev–Trinajstić information content (AvgIpc) is 3.43. The monoisotopic (exact) mass is 501 g/mol. The molecule has 0 saturated heterocycles. The fourth-order valence-corrected chi connectivity index (χ4v) is 4.26. The van der Waals surface area contributed by atoms with Crippen LogP contribution in [-0.4, -0.2) is 31.4 Å². The van der Waals surface area contributed by atoms with Crippen molar-refractivity contribution in [2.24, 2.45) is 5.73 Å². The predicted octanol–water partition coefficient (Wildman–Crippen LogP) is 4.56. The van der Waals surface area contributed by atoms with Gasteiger partial charge in [0.15, 0.2) is 5.65 Å². The molecule has 0 saturated carbocycles. The second-order valence-corrected chi connectivity index (χ2v) is 9.11. The summed E-state index contributed by atoms with van der Waals surface area (Å²) in [5.41, 5.74) is 7.41. The third-order valence-corrected chi connectivity index (χ3v) is 6.06. The van der Waals surface area contributed by atoms with Crippen molar-refractivity contribution < 1.29 is 18.0 Å². The molecule has 0 bridgehead atoms. The summed E-state index contributed by atoms with van der Waals surface area (Å²) in [7, 11) is 0. The Hall–Kier alpha value is -3.93. The van der Waals surface area contributed by atoms with Crippen LogP contribution >= 0.6 is 11.3 Å². The van der Waals surface area contributed by atoms with Gasteiger partial charge in [-0.1, -0.05) is 0 Å². The minimum atomic E-state index is -4.46. The number of aromatic nitrogens is 4. The van der Waals surface area contributed by atoms with E-state index in [1.807, 2.05) is 19.1 Å². The van der Waals surface area contributed by atoms with E-state index in [0.717, 1.165) is 16.0 Å². The highest BCUT2D eigenvalue weighted by Gasteiger charge is 2.29. The van der Waals surface area contributed by atoms with E-state index in [2.05, 4.69) is 25.6 Å². The zero-order valence-corrected chi connectivity index (χ0v) is 19.7. The van der Waals surface area contributed by atoms with Gasteiger partial charge in [-0.15, -0.1) is 11.3 Å². The standard InChI is InChI=1S/C23H22F3N7OS/c1-13-3-4-20(35-13)19-11-30-21-18(32-17(7-27)6-23(24,25)26)5-16(12-33(19)21)22(34)31-10-15-8-28-14(2)29-9-15/h3-5,7-9,11-12,32H,6,10,27H2,1-2H3,(H,31,34)/b17-7-. The number of nitrogens with one attached hydrogen (secondary N) is 2. The van der Waals surface area contributed by atoms with Gasteiger partial charge in [-0.25, -0.2) is 15.0 Å². The van der Waals surface area contributed by atoms with Gasteiger partial charge in [-0.3, -0.25) is 9.20 Å². The number of rotatable bonds is 7. The Bertz CT molecular complexity index is 1390. The van der Waals surface area contributed by atoms with Gasteiger partial charge in [0.05, 0.1) is 34.4 Å². The first-order chi connectivity index (χ1) is 16.6. The summed E-state index contributed by atoms with van der Waals surface area (Å²) >= 11 is 1.54. The summed E-state index contributed by atoms with van der Waals surface area (Å²) in [6.07, 6.45) is 1.59. The number of pyridine rings is 1. The number of hydrogen-bond acceptors (Lipinski definition) is 7. The Labute approximate surface area is 202 Å². The molecule has 0 atom stereocenters. The maximum absolute atomic E-state index is 13.0. The fraction of sp³-hybridized carbons (Fsp3) is 0.217. The van der Waals surface area contributed by atoms with E-state index in [9.17, 15) is 18.0 Å². The van der Waals surface area contributed by atoms with E-state index in [0.29, 0.717) is 22.7 Å². The fourth-order valence-electron chi connectivity index (χ4n) is 3.39. The van der Waals surface area contributed by atoms with Crippen LogP contribution < -0.4 is 16.4 Å². The molecule has 8 nitrogen and oxygen atoms in total. The molecule has 0 unspecified atom stereocenters. The zero-order valence-electron chi connectivity index (χ0n) is 18.8. The van der Waals surface area contributed by atoms with Crippen LogP contribution in [0.25, 0.3) is 16.2 Å². The van der Waals surface area contributed by atoms with Crippen molar-refractivity contribution in [3.63, 3.8) is 0 Å². The van der Waals surface area contributed by atoms with Crippen molar-refractivity contribution in [2.75, 3.05) is 5.32 Å². The summed E-state index contributed by atoms with van der Waals surface area (Å²) in [6, 6.07) is 5.33. The molecule has 0 fully saturated rings. The molecular weight excluding hydrogens is 479 g/mol. The van der Waals surface area contributed by atoms with E-state index in [1.165, 1.54) is 17.4 Å². The van der Waals surface area contributed by atoms with E-state index in [1.54, 1.807) is 36.1 Å². The maximum Gasteiger partial charge on any atom is 0.394 e. The van der Waals surface area contributed by atoms with Crippen LogP contribution in [0.5, 0.6) is 0 Å². The van der Waals surface area contributed by atoms with Gasteiger partial charge >= 0.3 is 6.18 Å². The molecule has 4 rings (SSSR count). The third-order valence-electron chi connectivity index (χ3n) is 5.04. The topological polar surface area (TPSA) is 110 Å². The molecule has 12 heteroatoms. The molecule has 35 heavy (non-hydrogen) atoms. The van der Waals surface area contributed by atoms with Crippen molar-refractivity contribution >= 4 is 28.6 Å². The van der Waals surface area contributed by atoms with Gasteiger partial charge < -0.3 is 16.4 Å². The van der Waals surface area contributed by atoms with Gasteiger partial charge in [-0.05, 0) is 32.0 Å².